The minimum absolute atomic E-state index is 0.385. The molecule has 1 aromatic heterocycles. The molecule has 1 aromatic rings. The van der Waals surface area contributed by atoms with E-state index in [0.717, 1.165) is 26.1 Å². The molecule has 122 valence electrons. The Labute approximate surface area is 130 Å². The second kappa shape index (κ2) is 9.96. The summed E-state index contributed by atoms with van der Waals surface area (Å²) in [4.78, 5) is 4.47. The zero-order chi connectivity index (χ0) is 15.6. The first-order valence-corrected chi connectivity index (χ1v) is 8.33. The molecule has 1 rings (SSSR count). The molecule has 4 nitrogen and oxygen atoms in total. The van der Waals surface area contributed by atoms with Gasteiger partial charge in [-0.15, -0.1) is 0 Å². The first kappa shape index (κ1) is 18.2. The van der Waals surface area contributed by atoms with Gasteiger partial charge in [-0.05, 0) is 24.7 Å². The molecule has 0 aliphatic rings. The Hall–Kier alpha value is -0.870. The summed E-state index contributed by atoms with van der Waals surface area (Å²) in [6.45, 7) is 7.40. The molecule has 0 fully saturated rings. The fourth-order valence-corrected chi connectivity index (χ4v) is 2.87. The van der Waals surface area contributed by atoms with E-state index in [1.807, 2.05) is 12.4 Å². The minimum atomic E-state index is 0.385. The normalized spacial score (nSPS) is 14.3. The molecule has 1 N–H and O–H groups in total. The standard InChI is InChI=1S/C17H33N3O/c1-5-7-9-17(6-2,15-18-12-14-21-4)10-8-16-19-11-13-20(16)3/h11,13,18H,5-10,12,14-15H2,1-4H3. The van der Waals surface area contributed by atoms with Gasteiger partial charge < -0.3 is 14.6 Å². The zero-order valence-corrected chi connectivity index (χ0v) is 14.3. The summed E-state index contributed by atoms with van der Waals surface area (Å²) in [5.74, 6) is 1.20. The van der Waals surface area contributed by atoms with Crippen LogP contribution in [0.5, 0.6) is 0 Å². The van der Waals surface area contributed by atoms with Gasteiger partial charge in [-0.3, -0.25) is 0 Å². The number of aromatic nitrogens is 2. The Bertz CT molecular complexity index is 378. The van der Waals surface area contributed by atoms with Crippen molar-refractivity contribution in [3.05, 3.63) is 18.2 Å². The third-order valence-electron chi connectivity index (χ3n) is 4.59. The van der Waals surface area contributed by atoms with Gasteiger partial charge in [0.15, 0.2) is 0 Å². The Morgan fingerprint density at radius 3 is 2.71 bits per heavy atom. The van der Waals surface area contributed by atoms with Gasteiger partial charge in [-0.2, -0.15) is 0 Å². The highest BCUT2D eigenvalue weighted by atomic mass is 16.5. The second-order valence-corrected chi connectivity index (χ2v) is 6.08. The highest BCUT2D eigenvalue weighted by Crippen LogP contribution is 2.33. The van der Waals surface area contributed by atoms with Crippen LogP contribution in [-0.4, -0.2) is 36.4 Å². The van der Waals surface area contributed by atoms with Crippen molar-refractivity contribution >= 4 is 0 Å². The first-order valence-electron chi connectivity index (χ1n) is 8.33. The van der Waals surface area contributed by atoms with Crippen LogP contribution < -0.4 is 5.32 Å². The van der Waals surface area contributed by atoms with Crippen LogP contribution in [0.2, 0.25) is 0 Å². The molecule has 4 heteroatoms. The van der Waals surface area contributed by atoms with Crippen LogP contribution in [0, 0.1) is 5.41 Å². The van der Waals surface area contributed by atoms with Crippen molar-refractivity contribution in [1.29, 1.82) is 0 Å². The molecule has 1 atom stereocenters. The molecule has 1 heterocycles. The number of hydrogen-bond acceptors (Lipinski definition) is 3. The number of nitrogens with one attached hydrogen (secondary N) is 1. The van der Waals surface area contributed by atoms with E-state index in [4.69, 9.17) is 4.74 Å². The lowest BCUT2D eigenvalue weighted by Gasteiger charge is -2.33. The van der Waals surface area contributed by atoms with Crippen molar-refractivity contribution in [3.8, 4) is 0 Å². The molecule has 0 saturated carbocycles. The maximum absolute atomic E-state index is 5.13. The first-order chi connectivity index (χ1) is 10.2. The van der Waals surface area contributed by atoms with E-state index in [1.165, 1.54) is 37.9 Å². The molecule has 21 heavy (non-hydrogen) atoms. The molecular formula is C17H33N3O. The SMILES string of the molecule is CCCCC(CC)(CCc1nccn1C)CNCCOC. The largest absolute Gasteiger partial charge is 0.383 e. The van der Waals surface area contributed by atoms with Gasteiger partial charge in [-0.1, -0.05) is 26.7 Å². The number of hydrogen-bond donors (Lipinski definition) is 1. The van der Waals surface area contributed by atoms with E-state index in [1.54, 1.807) is 7.11 Å². The van der Waals surface area contributed by atoms with E-state index < -0.39 is 0 Å². The van der Waals surface area contributed by atoms with Gasteiger partial charge in [0, 0.05) is 46.1 Å². The van der Waals surface area contributed by atoms with Crippen LogP contribution in [0.25, 0.3) is 0 Å². The summed E-state index contributed by atoms with van der Waals surface area (Å²) in [6.07, 6.45) is 11.3. The molecular weight excluding hydrogens is 262 g/mol. The number of imidazole rings is 1. The summed E-state index contributed by atoms with van der Waals surface area (Å²) >= 11 is 0. The highest BCUT2D eigenvalue weighted by Gasteiger charge is 2.27. The Morgan fingerprint density at radius 2 is 2.14 bits per heavy atom. The number of aryl methyl sites for hydroxylation is 2. The van der Waals surface area contributed by atoms with Crippen LogP contribution in [0.3, 0.4) is 0 Å². The van der Waals surface area contributed by atoms with Crippen LogP contribution in [-0.2, 0) is 18.2 Å². The topological polar surface area (TPSA) is 39.1 Å². The highest BCUT2D eigenvalue weighted by molar-refractivity contribution is 4.94. The average molecular weight is 295 g/mol. The minimum Gasteiger partial charge on any atom is -0.383 e. The van der Waals surface area contributed by atoms with Crippen molar-refractivity contribution in [1.82, 2.24) is 14.9 Å². The molecule has 0 radical (unpaired) electrons. The monoisotopic (exact) mass is 295 g/mol. The second-order valence-electron chi connectivity index (χ2n) is 6.08. The molecule has 0 bridgehead atoms. The maximum Gasteiger partial charge on any atom is 0.108 e. The number of methoxy groups -OCH3 is 1. The molecule has 0 aliphatic heterocycles. The summed E-state index contributed by atoms with van der Waals surface area (Å²) in [6, 6.07) is 0. The zero-order valence-electron chi connectivity index (χ0n) is 14.3. The third kappa shape index (κ3) is 6.18. The van der Waals surface area contributed by atoms with Gasteiger partial charge in [-0.25, -0.2) is 4.98 Å². The van der Waals surface area contributed by atoms with Gasteiger partial charge in [0.25, 0.3) is 0 Å². The van der Waals surface area contributed by atoms with Crippen LogP contribution in [0.1, 0.15) is 51.8 Å². The Morgan fingerprint density at radius 1 is 1.33 bits per heavy atom. The van der Waals surface area contributed by atoms with Gasteiger partial charge in [0.05, 0.1) is 6.61 Å². The lowest BCUT2D eigenvalue weighted by molar-refractivity contribution is 0.176. The van der Waals surface area contributed by atoms with Gasteiger partial charge in [0.2, 0.25) is 0 Å². The fraction of sp³-hybridized carbons (Fsp3) is 0.824. The van der Waals surface area contributed by atoms with E-state index in [2.05, 4.69) is 35.8 Å². The predicted octanol–water partition coefficient (Wildman–Crippen LogP) is 3.18. The molecule has 0 spiro atoms. The van der Waals surface area contributed by atoms with E-state index in [0.29, 0.717) is 5.41 Å². The van der Waals surface area contributed by atoms with E-state index in [-0.39, 0.29) is 0 Å². The Kier molecular flexibility index (Phi) is 8.62. The lowest BCUT2D eigenvalue weighted by atomic mass is 9.76. The fourth-order valence-electron chi connectivity index (χ4n) is 2.87. The van der Waals surface area contributed by atoms with E-state index in [9.17, 15) is 0 Å². The molecule has 0 saturated heterocycles. The van der Waals surface area contributed by atoms with Crippen LogP contribution in [0.4, 0.5) is 0 Å². The van der Waals surface area contributed by atoms with Crippen molar-refractivity contribution < 1.29 is 4.74 Å². The summed E-state index contributed by atoms with van der Waals surface area (Å²) in [7, 11) is 3.84. The summed E-state index contributed by atoms with van der Waals surface area (Å²) in [5, 5.41) is 3.58. The average Bonchev–Trinajstić information content (AvgIpc) is 2.91. The number of ether oxygens (including phenoxy) is 1. The molecule has 0 aliphatic carbocycles. The molecule has 0 amide bonds. The lowest BCUT2D eigenvalue weighted by Crippen LogP contribution is -2.36. The van der Waals surface area contributed by atoms with Crippen LogP contribution >= 0.6 is 0 Å². The number of unbranched alkanes of at least 4 members (excludes halogenated alkanes) is 1. The van der Waals surface area contributed by atoms with Crippen molar-refractivity contribution in [3.63, 3.8) is 0 Å². The molecule has 1 unspecified atom stereocenters. The summed E-state index contributed by atoms with van der Waals surface area (Å²) in [5.41, 5.74) is 0.385. The number of nitrogens with zero attached hydrogens (tertiary/aromatic N) is 2. The Balaban J connectivity index is 2.58. The van der Waals surface area contributed by atoms with Crippen molar-refractivity contribution in [2.24, 2.45) is 12.5 Å². The van der Waals surface area contributed by atoms with Gasteiger partial charge >= 0.3 is 0 Å². The summed E-state index contributed by atoms with van der Waals surface area (Å²) < 4.78 is 7.27. The third-order valence-corrected chi connectivity index (χ3v) is 4.59. The van der Waals surface area contributed by atoms with E-state index >= 15 is 0 Å². The van der Waals surface area contributed by atoms with Crippen LogP contribution in [0.15, 0.2) is 12.4 Å². The van der Waals surface area contributed by atoms with Crippen molar-refractivity contribution in [2.45, 2.75) is 52.4 Å². The number of rotatable bonds is 12. The maximum atomic E-state index is 5.13. The molecule has 0 aromatic carbocycles. The van der Waals surface area contributed by atoms with Gasteiger partial charge in [0.1, 0.15) is 5.82 Å². The van der Waals surface area contributed by atoms with Crippen molar-refractivity contribution in [2.75, 3.05) is 26.8 Å². The predicted molar refractivity (Wildman–Crippen MR) is 88.5 cm³/mol. The quantitative estimate of drug-likeness (QED) is 0.602. The smallest absolute Gasteiger partial charge is 0.108 e.